The highest BCUT2D eigenvalue weighted by atomic mass is 15.2. The summed E-state index contributed by atoms with van der Waals surface area (Å²) in [6.45, 7) is 31.5. The SMILES string of the molecule is [2H]c1cc(-n2c3c([2H])c([2H])c([2H])c([2H])c3c3c([2H])c([2H])c([2H])c([2H])c32)cc2c1B1c3c([2H])cc(-n4c5c([2H])c([2H])c([2H])c([2H])c5c5c([2H])c([2H])c([2H])c([2H])c54)cc3N(c3c(-c4ccc(C(C)(C)C)cc4)cc(C(C)(C)C)cc3-c3cccc(-c4ccccc4)c3)c3cc(C(C)(C)C)cc(c31)N2c1c(-c2ccc(C(C)(C)C)cc2)cc(C(C)(C)C)cc1-c1cccc(-c2ccccc2)c1. The van der Waals surface area contributed by atoms with Crippen LogP contribution in [-0.4, -0.2) is 15.8 Å². The van der Waals surface area contributed by atoms with E-state index in [-0.39, 0.29) is 77.9 Å². The van der Waals surface area contributed by atoms with Crippen LogP contribution in [0.5, 0.6) is 0 Å². The molecule has 19 rings (SSSR count). The van der Waals surface area contributed by atoms with Crippen molar-refractivity contribution in [3.8, 4) is 78.1 Å². The first-order valence-corrected chi connectivity index (χ1v) is 39.7. The van der Waals surface area contributed by atoms with Crippen LogP contribution in [0, 0.1) is 0 Å². The molecule has 5 heteroatoms. The summed E-state index contributed by atoms with van der Waals surface area (Å²) in [6.07, 6.45) is 0. The third kappa shape index (κ3) is 12.5. The minimum Gasteiger partial charge on any atom is -0.310 e. The van der Waals surface area contributed by atoms with Gasteiger partial charge in [-0.05, 0) is 213 Å². The summed E-state index contributed by atoms with van der Waals surface area (Å²) in [5, 5.41) is -0.630. The van der Waals surface area contributed by atoms with E-state index < -0.39 is 120 Å². The number of aromatic nitrogens is 2. The molecular formula is C110H99BN4. The van der Waals surface area contributed by atoms with Gasteiger partial charge in [-0.15, -0.1) is 0 Å². The van der Waals surface area contributed by atoms with Crippen LogP contribution in [0.1, 0.15) is 156 Å². The van der Waals surface area contributed by atoms with Gasteiger partial charge in [-0.3, -0.25) is 0 Å². The molecule has 15 aromatic carbocycles. The van der Waals surface area contributed by atoms with Gasteiger partial charge >= 0.3 is 0 Å². The maximum Gasteiger partial charge on any atom is 0.252 e. The average molecular weight is 1510 g/mol. The summed E-state index contributed by atoms with van der Waals surface area (Å²) in [6, 6.07) is 65.4. The van der Waals surface area contributed by atoms with Crippen molar-refractivity contribution in [1.82, 2.24) is 9.13 Å². The molecule has 4 nitrogen and oxygen atoms in total. The van der Waals surface area contributed by atoms with Crippen LogP contribution in [0.3, 0.4) is 0 Å². The third-order valence-electron chi connectivity index (χ3n) is 23.4. The third-order valence-corrected chi connectivity index (χ3v) is 23.4. The van der Waals surface area contributed by atoms with E-state index in [1.807, 2.05) is 48.5 Å². The predicted octanol–water partition coefficient (Wildman–Crippen LogP) is 28.5. The number of fused-ring (bicyclic) bond motifs is 10. The fourth-order valence-corrected chi connectivity index (χ4v) is 17.1. The van der Waals surface area contributed by atoms with Crippen molar-refractivity contribution in [2.45, 2.75) is 131 Å². The van der Waals surface area contributed by atoms with Crippen LogP contribution in [0.4, 0.5) is 34.1 Å². The van der Waals surface area contributed by atoms with Gasteiger partial charge in [0, 0.05) is 77.9 Å². The molecule has 562 valence electrons. The number of para-hydroxylation sites is 4. The topological polar surface area (TPSA) is 16.3 Å². The van der Waals surface area contributed by atoms with E-state index in [0.717, 1.165) is 94.6 Å². The van der Waals surface area contributed by atoms with E-state index in [9.17, 15) is 24.7 Å². The number of rotatable bonds is 10. The van der Waals surface area contributed by atoms with Crippen LogP contribution in [0.15, 0.2) is 327 Å². The highest BCUT2D eigenvalue weighted by Crippen LogP contribution is 2.57. The molecule has 2 aliphatic heterocycles. The normalized spacial score (nSPS) is 15.3. The summed E-state index contributed by atoms with van der Waals surface area (Å²) in [7, 11) is 0. The lowest BCUT2D eigenvalue weighted by molar-refractivity contribution is 0.590. The maximum absolute atomic E-state index is 11.7. The zero-order valence-corrected chi connectivity index (χ0v) is 67.7. The standard InChI is InChI=1S/C110H99BN4/c1-106(2,3)78-52-48-72(49-53-78)89-62-80(108(7,8)9)64-91(76-38-30-36-74(60-76)70-32-18-16-19-33-70)104(89)114-99-68-83(112-95-44-26-22-40-85(95)86-41-23-27-45-96(86)112)56-58-93(99)111-94-59-57-84(113-97-46-28-24-42-87(97)88-43-25-29-47-98(88)113)69-100(94)115(102-67-82(110(13,14)15)66-101(114)103(102)111)105-90(73-50-54-79(55-51-73)107(4,5)6)63-81(109(10,11)12)65-92(105)77-39-31-37-75(61-77)71-34-20-17-21-35-71/h16-69H,1-15H3/i22D,23D,24D,25D,26D,27D,28D,29D,40D,41D,42D,43D,44D,45D,46D,47D,58D,59D. The van der Waals surface area contributed by atoms with E-state index in [0.29, 0.717) is 50.5 Å². The minimum atomic E-state index is -1.19. The molecule has 4 heterocycles. The van der Waals surface area contributed by atoms with E-state index in [1.165, 1.54) is 9.13 Å². The largest absolute Gasteiger partial charge is 0.310 e. The fourth-order valence-electron chi connectivity index (χ4n) is 17.1. The Kier molecular flexibility index (Phi) is 13.0. The van der Waals surface area contributed by atoms with Gasteiger partial charge in [-0.1, -0.05) is 334 Å². The second-order valence-corrected chi connectivity index (χ2v) is 36.0. The molecule has 0 bridgehead atoms. The van der Waals surface area contributed by atoms with Gasteiger partial charge in [-0.25, -0.2) is 0 Å². The molecule has 0 unspecified atom stereocenters. The first-order chi connectivity index (χ1) is 62.7. The highest BCUT2D eigenvalue weighted by Gasteiger charge is 2.47. The van der Waals surface area contributed by atoms with Crippen LogP contribution in [0.25, 0.3) is 122 Å². The Hall–Kier alpha value is -12.4. The monoisotopic (exact) mass is 1500 g/mol. The van der Waals surface area contributed by atoms with Crippen molar-refractivity contribution in [2.24, 2.45) is 0 Å². The van der Waals surface area contributed by atoms with Crippen LogP contribution < -0.4 is 26.2 Å². The van der Waals surface area contributed by atoms with E-state index in [2.05, 4.69) is 271 Å². The van der Waals surface area contributed by atoms with Crippen molar-refractivity contribution >= 4 is 101 Å². The van der Waals surface area contributed by atoms with E-state index in [1.54, 1.807) is 12.1 Å². The van der Waals surface area contributed by atoms with Gasteiger partial charge in [0.25, 0.3) is 6.71 Å². The second kappa shape index (κ2) is 27.1. The van der Waals surface area contributed by atoms with Crippen LogP contribution >= 0.6 is 0 Å². The molecule has 0 atom stereocenters. The lowest BCUT2D eigenvalue weighted by Gasteiger charge is -2.47. The minimum absolute atomic E-state index is 0.0949. The molecule has 0 saturated heterocycles. The smallest absolute Gasteiger partial charge is 0.252 e. The summed E-state index contributed by atoms with van der Waals surface area (Å²) >= 11 is 0. The van der Waals surface area contributed by atoms with Gasteiger partial charge in [0.15, 0.2) is 0 Å². The quantitative estimate of drug-likeness (QED) is 0.127. The van der Waals surface area contributed by atoms with Crippen molar-refractivity contribution < 1.29 is 24.7 Å². The molecule has 115 heavy (non-hydrogen) atoms. The predicted molar refractivity (Wildman–Crippen MR) is 495 cm³/mol. The van der Waals surface area contributed by atoms with E-state index >= 15 is 0 Å². The molecule has 2 aromatic heterocycles. The number of benzene rings is 15. The number of hydrogen-bond acceptors (Lipinski definition) is 2. The van der Waals surface area contributed by atoms with Crippen molar-refractivity contribution in [3.63, 3.8) is 0 Å². The summed E-state index contributed by atoms with van der Waals surface area (Å²) in [5.74, 6) is 0. The Bertz CT molecular complexity index is 7260. The molecule has 0 N–H and O–H groups in total. The van der Waals surface area contributed by atoms with Gasteiger partial charge in [-0.2, -0.15) is 0 Å². The maximum atomic E-state index is 11.7. The molecule has 2 aliphatic rings. The summed E-state index contributed by atoms with van der Waals surface area (Å²) in [4.78, 5) is 4.48. The second-order valence-electron chi connectivity index (χ2n) is 36.0. The lowest BCUT2D eigenvalue weighted by Crippen LogP contribution is -2.61. The van der Waals surface area contributed by atoms with Crippen LogP contribution in [-0.2, 0) is 27.1 Å². The Morgan fingerprint density at radius 1 is 0.243 bits per heavy atom. The molecular weight excluding hydrogens is 1390 g/mol. The van der Waals surface area contributed by atoms with E-state index in [4.69, 9.17) is 0 Å². The molecule has 0 radical (unpaired) electrons. The number of anilines is 6. The van der Waals surface area contributed by atoms with Gasteiger partial charge in [0.2, 0.25) is 0 Å². The summed E-state index contributed by atoms with van der Waals surface area (Å²) in [5.41, 5.74) is 16.6. The number of nitrogens with zero attached hydrogens (tertiary/aromatic N) is 4. The Morgan fingerprint density at radius 2 is 0.539 bits per heavy atom. The zero-order chi connectivity index (χ0) is 95.0. The van der Waals surface area contributed by atoms with Crippen LogP contribution in [0.2, 0.25) is 0 Å². The lowest BCUT2D eigenvalue weighted by atomic mass is 9.33. The highest BCUT2D eigenvalue weighted by molar-refractivity contribution is 7.00. The van der Waals surface area contributed by atoms with Crippen molar-refractivity contribution in [1.29, 1.82) is 0 Å². The number of hydrogen-bond donors (Lipinski definition) is 0. The fraction of sp³-hybridized carbons (Fsp3) is 0.182. The Balaban J connectivity index is 1.07. The first-order valence-electron chi connectivity index (χ1n) is 48.7. The molecule has 17 aromatic rings. The Labute approximate surface area is 705 Å². The first kappa shape index (κ1) is 55.1. The van der Waals surface area contributed by atoms with Gasteiger partial charge in [0.05, 0.1) is 58.1 Å². The Morgan fingerprint density at radius 3 is 0.870 bits per heavy atom. The molecule has 0 spiro atoms. The summed E-state index contributed by atoms with van der Waals surface area (Å²) < 4.78 is 180. The molecule has 0 aliphatic carbocycles. The zero-order valence-electron chi connectivity index (χ0n) is 85.7. The molecule has 0 saturated carbocycles. The van der Waals surface area contributed by atoms with Gasteiger partial charge in [0.1, 0.15) is 0 Å². The van der Waals surface area contributed by atoms with Crippen molar-refractivity contribution in [2.75, 3.05) is 9.80 Å². The van der Waals surface area contributed by atoms with Gasteiger partial charge < -0.3 is 18.9 Å². The molecule has 0 fully saturated rings. The average Bonchev–Trinajstić information content (AvgIpc) is 1.46. The molecule has 0 amide bonds. The van der Waals surface area contributed by atoms with Crippen molar-refractivity contribution in [3.05, 3.63) is 355 Å².